The maximum Gasteiger partial charge on any atom is 0.169 e. The predicted molar refractivity (Wildman–Crippen MR) is 100 cm³/mol. The molecule has 0 aromatic rings. The second kappa shape index (κ2) is 5.67. The van der Waals surface area contributed by atoms with E-state index in [1.54, 1.807) is 0 Å². The van der Waals surface area contributed by atoms with Crippen molar-refractivity contribution in [2.75, 3.05) is 13.2 Å². The van der Waals surface area contributed by atoms with E-state index >= 15 is 0 Å². The van der Waals surface area contributed by atoms with E-state index in [0.717, 1.165) is 44.3 Å². The molecule has 1 aliphatic heterocycles. The summed E-state index contributed by atoms with van der Waals surface area (Å²) in [6.45, 7) is 8.60. The summed E-state index contributed by atoms with van der Waals surface area (Å²) in [5.41, 5.74) is 0.519. The van der Waals surface area contributed by atoms with E-state index in [4.69, 9.17) is 9.47 Å². The number of hydrogen-bond acceptors (Lipinski definition) is 3. The summed E-state index contributed by atoms with van der Waals surface area (Å²) in [5.74, 6) is 3.33. The first-order valence-corrected chi connectivity index (χ1v) is 10.9. The molecular formula is C23H34O3. The van der Waals surface area contributed by atoms with Crippen molar-refractivity contribution in [2.45, 2.75) is 71.5 Å². The summed E-state index contributed by atoms with van der Waals surface area (Å²) in [4.78, 5) is 12.0. The van der Waals surface area contributed by atoms with Gasteiger partial charge in [-0.3, -0.25) is 4.79 Å². The monoisotopic (exact) mass is 358 g/mol. The van der Waals surface area contributed by atoms with Gasteiger partial charge in [0.1, 0.15) is 5.78 Å². The van der Waals surface area contributed by atoms with E-state index in [1.807, 2.05) is 0 Å². The SMILES string of the molecule is CC1([C@H]2CC[C@H]3[C@@H]4CC[C@@H]5CC(=O)CC[C@]5(C)[C@H]4C=C[C@]23C)OCCO1. The lowest BCUT2D eigenvalue weighted by Gasteiger charge is -2.58. The average molecular weight is 359 g/mol. The van der Waals surface area contributed by atoms with E-state index in [9.17, 15) is 4.79 Å². The van der Waals surface area contributed by atoms with Gasteiger partial charge in [0, 0.05) is 18.8 Å². The van der Waals surface area contributed by atoms with Gasteiger partial charge in [0.15, 0.2) is 5.79 Å². The third kappa shape index (κ3) is 2.22. The molecule has 3 saturated carbocycles. The molecule has 3 nitrogen and oxygen atoms in total. The second-order valence-electron chi connectivity index (χ2n) is 10.4. The molecule has 1 heterocycles. The number of ether oxygens (including phenoxy) is 2. The Kier molecular flexibility index (Phi) is 3.80. The fourth-order valence-corrected chi connectivity index (χ4v) is 7.98. The topological polar surface area (TPSA) is 35.5 Å². The molecule has 7 atom stereocenters. The Bertz CT molecular complexity index is 633. The first kappa shape index (κ1) is 17.4. The number of ketones is 1. The fourth-order valence-electron chi connectivity index (χ4n) is 7.98. The summed E-state index contributed by atoms with van der Waals surface area (Å²) < 4.78 is 12.2. The third-order valence-corrected chi connectivity index (χ3v) is 9.41. The largest absolute Gasteiger partial charge is 0.348 e. The van der Waals surface area contributed by atoms with Crippen LogP contribution in [0.3, 0.4) is 0 Å². The highest BCUT2D eigenvalue weighted by molar-refractivity contribution is 5.79. The van der Waals surface area contributed by atoms with Gasteiger partial charge in [-0.25, -0.2) is 0 Å². The zero-order chi connectivity index (χ0) is 18.2. The molecule has 4 aliphatic carbocycles. The van der Waals surface area contributed by atoms with E-state index in [2.05, 4.69) is 32.9 Å². The molecule has 4 fully saturated rings. The number of Topliss-reactive ketones (excluding diaryl/α,β-unsaturated/α-hetero) is 1. The van der Waals surface area contributed by atoms with Crippen LogP contribution in [0.4, 0.5) is 0 Å². The summed E-state index contributed by atoms with van der Waals surface area (Å²) in [6.07, 6.45) is 12.9. The molecule has 0 radical (unpaired) electrons. The van der Waals surface area contributed by atoms with Crippen molar-refractivity contribution < 1.29 is 14.3 Å². The van der Waals surface area contributed by atoms with E-state index < -0.39 is 5.79 Å². The van der Waals surface area contributed by atoms with Crippen LogP contribution in [0.5, 0.6) is 0 Å². The molecule has 0 aromatic carbocycles. The Hall–Kier alpha value is -0.670. The Labute approximate surface area is 157 Å². The fraction of sp³-hybridized carbons (Fsp3) is 0.870. The second-order valence-corrected chi connectivity index (χ2v) is 10.4. The van der Waals surface area contributed by atoms with Crippen LogP contribution in [0, 0.1) is 40.4 Å². The zero-order valence-electron chi connectivity index (χ0n) is 16.6. The quantitative estimate of drug-likeness (QED) is 0.634. The Balaban J connectivity index is 1.48. The van der Waals surface area contributed by atoms with Crippen LogP contribution < -0.4 is 0 Å². The van der Waals surface area contributed by atoms with Gasteiger partial charge in [-0.1, -0.05) is 26.0 Å². The Morgan fingerprint density at radius 2 is 1.81 bits per heavy atom. The minimum atomic E-state index is -0.404. The van der Waals surface area contributed by atoms with Gasteiger partial charge < -0.3 is 9.47 Å². The van der Waals surface area contributed by atoms with Crippen molar-refractivity contribution in [2.24, 2.45) is 40.4 Å². The first-order valence-electron chi connectivity index (χ1n) is 10.9. The number of fused-ring (bicyclic) bond motifs is 5. The Morgan fingerprint density at radius 1 is 1.04 bits per heavy atom. The van der Waals surface area contributed by atoms with E-state index in [0.29, 0.717) is 29.0 Å². The van der Waals surface area contributed by atoms with E-state index in [1.165, 1.54) is 25.7 Å². The molecular weight excluding hydrogens is 324 g/mol. The van der Waals surface area contributed by atoms with Gasteiger partial charge in [-0.15, -0.1) is 0 Å². The van der Waals surface area contributed by atoms with Crippen LogP contribution in [-0.2, 0) is 14.3 Å². The van der Waals surface area contributed by atoms with Gasteiger partial charge in [-0.2, -0.15) is 0 Å². The molecule has 1 saturated heterocycles. The number of carbonyl (C=O) groups is 1. The molecule has 5 rings (SSSR count). The lowest BCUT2D eigenvalue weighted by atomic mass is 9.46. The van der Waals surface area contributed by atoms with Crippen molar-refractivity contribution in [1.29, 1.82) is 0 Å². The van der Waals surface area contributed by atoms with Gasteiger partial charge in [0.2, 0.25) is 0 Å². The number of hydrogen-bond donors (Lipinski definition) is 0. The lowest BCUT2D eigenvalue weighted by molar-refractivity contribution is -0.202. The van der Waals surface area contributed by atoms with Crippen molar-refractivity contribution in [3.05, 3.63) is 12.2 Å². The molecule has 0 spiro atoms. The first-order chi connectivity index (χ1) is 12.4. The molecule has 0 aromatic heterocycles. The van der Waals surface area contributed by atoms with Crippen LogP contribution in [0.2, 0.25) is 0 Å². The molecule has 3 heteroatoms. The van der Waals surface area contributed by atoms with Crippen LogP contribution >= 0.6 is 0 Å². The summed E-state index contributed by atoms with van der Waals surface area (Å²) in [7, 11) is 0. The minimum absolute atomic E-state index is 0.188. The normalized spacial score (nSPS) is 52.4. The Morgan fingerprint density at radius 3 is 2.58 bits per heavy atom. The third-order valence-electron chi connectivity index (χ3n) is 9.41. The van der Waals surface area contributed by atoms with Crippen molar-refractivity contribution in [3.8, 4) is 0 Å². The van der Waals surface area contributed by atoms with Gasteiger partial charge in [-0.05, 0) is 73.5 Å². The minimum Gasteiger partial charge on any atom is -0.348 e. The van der Waals surface area contributed by atoms with Crippen molar-refractivity contribution >= 4 is 5.78 Å². The van der Waals surface area contributed by atoms with Crippen LogP contribution in [0.25, 0.3) is 0 Å². The van der Waals surface area contributed by atoms with Crippen molar-refractivity contribution in [3.63, 3.8) is 0 Å². The van der Waals surface area contributed by atoms with Crippen LogP contribution in [0.15, 0.2) is 12.2 Å². The predicted octanol–water partition coefficient (Wildman–Crippen LogP) is 4.75. The molecule has 144 valence electrons. The highest BCUT2D eigenvalue weighted by atomic mass is 16.7. The molecule has 0 amide bonds. The van der Waals surface area contributed by atoms with Gasteiger partial charge in [0.05, 0.1) is 13.2 Å². The molecule has 0 unspecified atom stereocenters. The smallest absolute Gasteiger partial charge is 0.169 e. The van der Waals surface area contributed by atoms with Gasteiger partial charge >= 0.3 is 0 Å². The molecule has 0 bridgehead atoms. The maximum absolute atomic E-state index is 12.0. The average Bonchev–Trinajstić information content (AvgIpc) is 3.19. The van der Waals surface area contributed by atoms with Crippen molar-refractivity contribution in [1.82, 2.24) is 0 Å². The summed E-state index contributed by atoms with van der Waals surface area (Å²) in [5, 5.41) is 0. The van der Waals surface area contributed by atoms with E-state index in [-0.39, 0.29) is 5.41 Å². The number of allylic oxidation sites excluding steroid dienone is 2. The summed E-state index contributed by atoms with van der Waals surface area (Å²) >= 11 is 0. The maximum atomic E-state index is 12.0. The van der Waals surface area contributed by atoms with Gasteiger partial charge in [0.25, 0.3) is 0 Å². The highest BCUT2D eigenvalue weighted by Gasteiger charge is 2.62. The summed E-state index contributed by atoms with van der Waals surface area (Å²) in [6, 6.07) is 0. The lowest BCUT2D eigenvalue weighted by Crippen LogP contribution is -2.53. The molecule has 0 N–H and O–H groups in total. The van der Waals surface area contributed by atoms with Crippen LogP contribution in [-0.4, -0.2) is 24.8 Å². The molecule has 26 heavy (non-hydrogen) atoms. The zero-order valence-corrected chi connectivity index (χ0v) is 16.6. The highest BCUT2D eigenvalue weighted by Crippen LogP contribution is 2.66. The molecule has 5 aliphatic rings. The standard InChI is InChI=1S/C23H34O3/c1-21-10-8-16(24)14-15(21)4-5-17-18-6-7-20(23(3)25-12-13-26-23)22(18,2)11-9-19(17)21/h9,11,15,17-20H,4-8,10,12-14H2,1-3H3/t15-,17+,18+,19+,20+,21+,22+/m1/s1. The number of rotatable bonds is 1. The number of carbonyl (C=O) groups excluding carboxylic acids is 1. The van der Waals surface area contributed by atoms with Crippen LogP contribution in [0.1, 0.15) is 65.7 Å².